The molecule has 0 fully saturated rings. The first-order chi connectivity index (χ1) is 7.34. The second-order valence-corrected chi connectivity index (χ2v) is 2.51. The van der Waals surface area contributed by atoms with Gasteiger partial charge in [-0.05, 0) is 29.4 Å². The summed E-state index contributed by atoms with van der Waals surface area (Å²) in [4.78, 5) is 0. The van der Waals surface area contributed by atoms with Gasteiger partial charge in [0, 0.05) is 11.8 Å². The molecule has 0 atom stereocenters. The number of benzene rings is 1. The molecule has 4 nitrogen and oxygen atoms in total. The summed E-state index contributed by atoms with van der Waals surface area (Å²) in [5.74, 6) is 1.12. The number of rotatable bonds is 2. The second kappa shape index (κ2) is 5.70. The van der Waals surface area contributed by atoms with E-state index in [-0.39, 0.29) is 0 Å². The molecule has 0 aliphatic rings. The zero-order chi connectivity index (χ0) is 11.1. The zero-order valence-corrected chi connectivity index (χ0v) is 8.81. The molecule has 0 aliphatic carbocycles. The SMILES string of the molecule is CC.Nc1ccc(Oc2ccon2)cc1. The van der Waals surface area contributed by atoms with Crippen molar-refractivity contribution >= 4 is 5.69 Å². The number of nitrogens with two attached hydrogens (primary N) is 1. The zero-order valence-electron chi connectivity index (χ0n) is 8.81. The average molecular weight is 206 g/mol. The van der Waals surface area contributed by atoms with Crippen LogP contribution in [-0.2, 0) is 0 Å². The minimum Gasteiger partial charge on any atom is -0.436 e. The Hall–Kier alpha value is -1.97. The van der Waals surface area contributed by atoms with Gasteiger partial charge in [-0.2, -0.15) is 0 Å². The Kier molecular flexibility index (Phi) is 4.22. The van der Waals surface area contributed by atoms with Gasteiger partial charge in [0.15, 0.2) is 0 Å². The van der Waals surface area contributed by atoms with Crippen LogP contribution < -0.4 is 10.5 Å². The van der Waals surface area contributed by atoms with Crippen molar-refractivity contribution in [3.05, 3.63) is 36.6 Å². The van der Waals surface area contributed by atoms with E-state index in [1.807, 2.05) is 13.8 Å². The maximum atomic E-state index is 5.51. The molecule has 2 rings (SSSR count). The molecular formula is C11H14N2O2. The Morgan fingerprint density at radius 2 is 1.80 bits per heavy atom. The molecule has 1 heterocycles. The van der Waals surface area contributed by atoms with E-state index in [1.165, 1.54) is 6.26 Å². The number of hydrogen-bond donors (Lipinski definition) is 1. The van der Waals surface area contributed by atoms with Gasteiger partial charge >= 0.3 is 0 Å². The molecule has 4 heteroatoms. The molecule has 1 aromatic carbocycles. The fourth-order valence-corrected chi connectivity index (χ4v) is 0.911. The van der Waals surface area contributed by atoms with Crippen LogP contribution in [0.15, 0.2) is 41.1 Å². The number of hydrogen-bond acceptors (Lipinski definition) is 4. The van der Waals surface area contributed by atoms with Crippen molar-refractivity contribution in [2.75, 3.05) is 5.73 Å². The van der Waals surface area contributed by atoms with Crippen molar-refractivity contribution in [2.24, 2.45) is 0 Å². The summed E-state index contributed by atoms with van der Waals surface area (Å²) in [6, 6.07) is 8.69. The maximum Gasteiger partial charge on any atom is 0.259 e. The lowest BCUT2D eigenvalue weighted by Gasteiger charge is -2.00. The number of aromatic nitrogens is 1. The fraction of sp³-hybridized carbons (Fsp3) is 0.182. The minimum absolute atomic E-state index is 0.435. The summed E-state index contributed by atoms with van der Waals surface area (Å²) < 4.78 is 9.92. The molecule has 80 valence electrons. The van der Waals surface area contributed by atoms with Gasteiger partial charge in [-0.1, -0.05) is 13.8 Å². The number of anilines is 1. The van der Waals surface area contributed by atoms with Crippen LogP contribution in [0.1, 0.15) is 13.8 Å². The molecule has 0 radical (unpaired) electrons. The number of nitrogens with zero attached hydrogens (tertiary/aromatic N) is 1. The second-order valence-electron chi connectivity index (χ2n) is 2.51. The van der Waals surface area contributed by atoms with Gasteiger partial charge in [-0.3, -0.25) is 0 Å². The molecule has 15 heavy (non-hydrogen) atoms. The molecule has 0 saturated heterocycles. The first-order valence-electron chi connectivity index (χ1n) is 4.78. The van der Waals surface area contributed by atoms with E-state index in [0.717, 1.165) is 0 Å². The lowest BCUT2D eigenvalue weighted by molar-refractivity contribution is 0.367. The highest BCUT2D eigenvalue weighted by atomic mass is 16.5. The largest absolute Gasteiger partial charge is 0.436 e. The van der Waals surface area contributed by atoms with E-state index in [4.69, 9.17) is 10.5 Å². The van der Waals surface area contributed by atoms with Crippen molar-refractivity contribution in [1.29, 1.82) is 0 Å². The van der Waals surface area contributed by atoms with Gasteiger partial charge in [-0.25, -0.2) is 0 Å². The van der Waals surface area contributed by atoms with Crippen molar-refractivity contribution in [1.82, 2.24) is 5.16 Å². The summed E-state index contributed by atoms with van der Waals surface area (Å²) in [7, 11) is 0. The van der Waals surface area contributed by atoms with Gasteiger partial charge in [-0.15, -0.1) is 0 Å². The molecule has 2 N–H and O–H groups in total. The van der Waals surface area contributed by atoms with Gasteiger partial charge in [0.25, 0.3) is 5.88 Å². The van der Waals surface area contributed by atoms with E-state index < -0.39 is 0 Å². The van der Waals surface area contributed by atoms with Crippen molar-refractivity contribution in [2.45, 2.75) is 13.8 Å². The van der Waals surface area contributed by atoms with E-state index >= 15 is 0 Å². The van der Waals surface area contributed by atoms with Gasteiger partial charge in [0.05, 0.1) is 0 Å². The molecule has 1 aromatic heterocycles. The van der Waals surface area contributed by atoms with Crippen LogP contribution in [0, 0.1) is 0 Å². The first kappa shape index (κ1) is 11.1. The predicted octanol–water partition coefficient (Wildman–Crippen LogP) is 3.08. The Labute approximate surface area is 88.6 Å². The van der Waals surface area contributed by atoms with Gasteiger partial charge < -0.3 is 15.0 Å². The van der Waals surface area contributed by atoms with Gasteiger partial charge in [0.1, 0.15) is 12.0 Å². The Morgan fingerprint density at radius 3 is 2.33 bits per heavy atom. The topological polar surface area (TPSA) is 61.3 Å². The quantitative estimate of drug-likeness (QED) is 0.767. The molecule has 0 amide bonds. The first-order valence-corrected chi connectivity index (χ1v) is 4.78. The highest BCUT2D eigenvalue weighted by Crippen LogP contribution is 2.19. The van der Waals surface area contributed by atoms with Crippen LogP contribution in [0.25, 0.3) is 0 Å². The normalized spacial score (nSPS) is 8.93. The van der Waals surface area contributed by atoms with Crippen LogP contribution in [0.5, 0.6) is 11.6 Å². The van der Waals surface area contributed by atoms with Gasteiger partial charge in [0.2, 0.25) is 0 Å². The average Bonchev–Trinajstić information content (AvgIpc) is 2.77. The van der Waals surface area contributed by atoms with E-state index in [0.29, 0.717) is 17.3 Å². The van der Waals surface area contributed by atoms with Crippen LogP contribution in [-0.4, -0.2) is 5.16 Å². The van der Waals surface area contributed by atoms with Crippen molar-refractivity contribution in [3.8, 4) is 11.6 Å². The fourth-order valence-electron chi connectivity index (χ4n) is 0.911. The molecular weight excluding hydrogens is 192 g/mol. The monoisotopic (exact) mass is 206 g/mol. The molecule has 0 aliphatic heterocycles. The Morgan fingerprint density at radius 1 is 1.13 bits per heavy atom. The van der Waals surface area contributed by atoms with Crippen molar-refractivity contribution in [3.63, 3.8) is 0 Å². The number of nitrogen functional groups attached to an aromatic ring is 1. The van der Waals surface area contributed by atoms with E-state index in [2.05, 4.69) is 9.68 Å². The van der Waals surface area contributed by atoms with Crippen LogP contribution in [0.2, 0.25) is 0 Å². The number of ether oxygens (including phenoxy) is 1. The standard InChI is InChI=1S/C9H8N2O2.C2H6/c10-7-1-3-8(4-2-7)13-9-5-6-12-11-9;1-2/h1-6H,10H2;1-2H3. The molecule has 0 saturated carbocycles. The maximum absolute atomic E-state index is 5.51. The van der Waals surface area contributed by atoms with Crippen LogP contribution >= 0.6 is 0 Å². The third kappa shape index (κ3) is 3.34. The Balaban J connectivity index is 0.000000531. The summed E-state index contributed by atoms with van der Waals surface area (Å²) in [6.07, 6.45) is 1.45. The van der Waals surface area contributed by atoms with E-state index in [1.54, 1.807) is 30.3 Å². The summed E-state index contributed by atoms with van der Waals surface area (Å²) in [5.41, 5.74) is 6.21. The molecule has 0 bridgehead atoms. The summed E-state index contributed by atoms with van der Waals surface area (Å²) >= 11 is 0. The highest BCUT2D eigenvalue weighted by Gasteiger charge is 1.98. The Bertz CT molecular complexity index is 368. The summed E-state index contributed by atoms with van der Waals surface area (Å²) in [5, 5.41) is 3.61. The van der Waals surface area contributed by atoms with Crippen LogP contribution in [0.3, 0.4) is 0 Å². The lowest BCUT2D eigenvalue weighted by atomic mass is 10.3. The van der Waals surface area contributed by atoms with Crippen LogP contribution in [0.4, 0.5) is 5.69 Å². The third-order valence-electron chi connectivity index (χ3n) is 1.52. The molecule has 2 aromatic rings. The third-order valence-corrected chi connectivity index (χ3v) is 1.52. The molecule has 0 unspecified atom stereocenters. The summed E-state index contributed by atoms with van der Waals surface area (Å²) in [6.45, 7) is 4.00. The lowest BCUT2D eigenvalue weighted by Crippen LogP contribution is -1.86. The van der Waals surface area contributed by atoms with Crippen molar-refractivity contribution < 1.29 is 9.26 Å². The minimum atomic E-state index is 0.435. The predicted molar refractivity (Wildman–Crippen MR) is 58.8 cm³/mol. The smallest absolute Gasteiger partial charge is 0.259 e. The van der Waals surface area contributed by atoms with E-state index in [9.17, 15) is 0 Å². The highest BCUT2D eigenvalue weighted by molar-refractivity contribution is 5.42. The molecule has 0 spiro atoms.